The molecule has 0 saturated carbocycles. The van der Waals surface area contributed by atoms with Crippen molar-refractivity contribution in [2.45, 2.75) is 26.7 Å². The Labute approximate surface area is 66.4 Å². The van der Waals surface area contributed by atoms with Crippen LogP contribution in [0, 0.1) is 5.92 Å². The zero-order valence-electron chi connectivity index (χ0n) is 6.96. The molecule has 0 aromatic heterocycles. The summed E-state index contributed by atoms with van der Waals surface area (Å²) in [4.78, 5) is 21.6. The molecule has 11 heavy (non-hydrogen) atoms. The fourth-order valence-electron chi connectivity index (χ4n) is 0.692. The van der Waals surface area contributed by atoms with Crippen LogP contribution in [0.5, 0.6) is 0 Å². The van der Waals surface area contributed by atoms with E-state index in [2.05, 4.69) is 0 Å². The second-order valence-corrected chi connectivity index (χ2v) is 2.69. The first-order chi connectivity index (χ1) is 5.11. The summed E-state index contributed by atoms with van der Waals surface area (Å²) in [5, 5.41) is 8.57. The molecule has 64 valence electrons. The maximum Gasteiger partial charge on any atom is 0.198 e. The maximum atomic E-state index is 10.9. The summed E-state index contributed by atoms with van der Waals surface area (Å²) < 4.78 is 0. The number of hydrogen-bond donors (Lipinski definition) is 1. The van der Waals surface area contributed by atoms with Gasteiger partial charge in [-0.05, 0) is 5.92 Å². The lowest BCUT2D eigenvalue weighted by atomic mass is 10.0. The third kappa shape index (κ3) is 3.88. The molecule has 3 nitrogen and oxygen atoms in total. The Morgan fingerprint density at radius 3 is 2.27 bits per heavy atom. The smallest absolute Gasteiger partial charge is 0.198 e. The number of ketones is 2. The van der Waals surface area contributed by atoms with E-state index in [1.807, 2.05) is 0 Å². The van der Waals surface area contributed by atoms with Gasteiger partial charge >= 0.3 is 0 Å². The van der Waals surface area contributed by atoms with Crippen molar-refractivity contribution >= 4 is 11.6 Å². The topological polar surface area (TPSA) is 54.4 Å². The summed E-state index contributed by atoms with van der Waals surface area (Å²) in [6.07, 6.45) is 0.431. The lowest BCUT2D eigenvalue weighted by Crippen LogP contribution is -2.17. The molecule has 1 unspecified atom stereocenters. The van der Waals surface area contributed by atoms with E-state index in [1.54, 1.807) is 13.8 Å². The lowest BCUT2D eigenvalue weighted by molar-refractivity contribution is -0.137. The van der Waals surface area contributed by atoms with Gasteiger partial charge in [0.1, 0.15) is 0 Å². The van der Waals surface area contributed by atoms with E-state index in [4.69, 9.17) is 5.11 Å². The fraction of sp³-hybridized carbons (Fsp3) is 0.750. The van der Waals surface area contributed by atoms with Gasteiger partial charge in [-0.1, -0.05) is 13.8 Å². The third-order valence-corrected chi connectivity index (χ3v) is 1.48. The molecule has 0 aliphatic heterocycles. The van der Waals surface area contributed by atoms with E-state index in [1.165, 1.54) is 0 Å². The maximum absolute atomic E-state index is 10.9. The fourth-order valence-corrected chi connectivity index (χ4v) is 0.692. The third-order valence-electron chi connectivity index (χ3n) is 1.48. The van der Waals surface area contributed by atoms with Crippen molar-refractivity contribution in [3.8, 4) is 0 Å². The zero-order chi connectivity index (χ0) is 8.85. The van der Waals surface area contributed by atoms with Gasteiger partial charge in [0.05, 0.1) is 0 Å². The Balaban J connectivity index is 3.77. The second kappa shape index (κ2) is 5.02. The number of Topliss-reactive ketones (excluding diaryl/α,β-unsaturated/α-hetero) is 2. The molecule has 0 aromatic rings. The van der Waals surface area contributed by atoms with Crippen LogP contribution < -0.4 is 0 Å². The number of rotatable bonds is 5. The molecule has 1 N–H and O–H groups in total. The molecule has 0 spiro atoms. The standard InChI is InChI=1S/C8H14O3/c1-3-7(10)8(11)4-6(2)5-9/h6,9H,3-5H2,1-2H3. The molecule has 3 heteroatoms. The van der Waals surface area contributed by atoms with Crippen LogP contribution in [0.2, 0.25) is 0 Å². The first kappa shape index (κ1) is 10.3. The van der Waals surface area contributed by atoms with Crippen LogP contribution in [-0.2, 0) is 9.59 Å². The zero-order valence-corrected chi connectivity index (χ0v) is 6.96. The molecule has 0 saturated heterocycles. The first-order valence-corrected chi connectivity index (χ1v) is 3.78. The SMILES string of the molecule is CCC(=O)C(=O)CC(C)CO. The highest BCUT2D eigenvalue weighted by Gasteiger charge is 2.14. The molecule has 0 amide bonds. The highest BCUT2D eigenvalue weighted by Crippen LogP contribution is 2.02. The van der Waals surface area contributed by atoms with E-state index in [0.29, 0.717) is 0 Å². The summed E-state index contributed by atoms with van der Waals surface area (Å²) in [6.45, 7) is 3.35. The Morgan fingerprint density at radius 1 is 1.36 bits per heavy atom. The molecule has 0 aliphatic carbocycles. The van der Waals surface area contributed by atoms with Crippen molar-refractivity contribution in [3.63, 3.8) is 0 Å². The van der Waals surface area contributed by atoms with Crippen molar-refractivity contribution in [1.82, 2.24) is 0 Å². The van der Waals surface area contributed by atoms with Gasteiger partial charge in [0.2, 0.25) is 0 Å². The molecule has 0 bridgehead atoms. The minimum atomic E-state index is -0.367. The van der Waals surface area contributed by atoms with Gasteiger partial charge in [0, 0.05) is 19.4 Å². The van der Waals surface area contributed by atoms with Crippen LogP contribution in [0.25, 0.3) is 0 Å². The normalized spacial score (nSPS) is 12.6. The summed E-state index contributed by atoms with van der Waals surface area (Å²) in [5.41, 5.74) is 0. The Kier molecular flexibility index (Phi) is 4.70. The van der Waals surface area contributed by atoms with E-state index in [0.717, 1.165) is 0 Å². The van der Waals surface area contributed by atoms with Gasteiger partial charge in [-0.25, -0.2) is 0 Å². The van der Waals surface area contributed by atoms with E-state index in [9.17, 15) is 9.59 Å². The van der Waals surface area contributed by atoms with Gasteiger partial charge in [-0.2, -0.15) is 0 Å². The number of carbonyl (C=O) groups is 2. The monoisotopic (exact) mass is 158 g/mol. The van der Waals surface area contributed by atoms with Crippen LogP contribution in [-0.4, -0.2) is 23.3 Å². The average molecular weight is 158 g/mol. The summed E-state index contributed by atoms with van der Waals surface area (Å²) in [7, 11) is 0. The van der Waals surface area contributed by atoms with Gasteiger partial charge in [-0.3, -0.25) is 9.59 Å². The van der Waals surface area contributed by atoms with E-state index >= 15 is 0 Å². The highest BCUT2D eigenvalue weighted by atomic mass is 16.3. The Hall–Kier alpha value is -0.700. The summed E-state index contributed by atoms with van der Waals surface area (Å²) in [6, 6.07) is 0. The Bertz CT molecular complexity index is 151. The van der Waals surface area contributed by atoms with Crippen molar-refractivity contribution in [2.24, 2.45) is 5.92 Å². The van der Waals surface area contributed by atoms with Gasteiger partial charge in [0.15, 0.2) is 11.6 Å². The second-order valence-electron chi connectivity index (χ2n) is 2.69. The minimum Gasteiger partial charge on any atom is -0.396 e. The van der Waals surface area contributed by atoms with Crippen LogP contribution >= 0.6 is 0 Å². The van der Waals surface area contributed by atoms with Gasteiger partial charge in [0.25, 0.3) is 0 Å². The molecule has 1 atom stereocenters. The predicted molar refractivity (Wildman–Crippen MR) is 41.2 cm³/mol. The Morgan fingerprint density at radius 2 is 1.91 bits per heavy atom. The number of aliphatic hydroxyl groups is 1. The molecule has 0 heterocycles. The van der Waals surface area contributed by atoms with Crippen molar-refractivity contribution in [3.05, 3.63) is 0 Å². The van der Waals surface area contributed by atoms with Crippen LogP contribution in [0.3, 0.4) is 0 Å². The molecular weight excluding hydrogens is 144 g/mol. The van der Waals surface area contributed by atoms with Crippen molar-refractivity contribution < 1.29 is 14.7 Å². The molecule has 0 aliphatic rings. The predicted octanol–water partition coefficient (Wildman–Crippen LogP) is 0.553. The van der Waals surface area contributed by atoms with Crippen LogP contribution in [0.1, 0.15) is 26.7 Å². The molecule has 0 aromatic carbocycles. The molecule has 0 radical (unpaired) electrons. The molecular formula is C8H14O3. The molecule has 0 fully saturated rings. The lowest BCUT2D eigenvalue weighted by Gasteiger charge is -2.03. The number of hydrogen-bond acceptors (Lipinski definition) is 3. The summed E-state index contributed by atoms with van der Waals surface area (Å²) in [5.74, 6) is -0.808. The average Bonchev–Trinajstić information content (AvgIpc) is 2.02. The van der Waals surface area contributed by atoms with E-state index < -0.39 is 0 Å². The van der Waals surface area contributed by atoms with Gasteiger partial charge < -0.3 is 5.11 Å². The minimum absolute atomic E-state index is 0.0390. The van der Waals surface area contributed by atoms with Crippen molar-refractivity contribution in [2.75, 3.05) is 6.61 Å². The van der Waals surface area contributed by atoms with Crippen LogP contribution in [0.4, 0.5) is 0 Å². The van der Waals surface area contributed by atoms with Crippen LogP contribution in [0.15, 0.2) is 0 Å². The molecule has 0 rings (SSSR count). The number of aliphatic hydroxyl groups excluding tert-OH is 1. The highest BCUT2D eigenvalue weighted by molar-refractivity contribution is 6.37. The van der Waals surface area contributed by atoms with E-state index in [-0.39, 0.29) is 36.9 Å². The van der Waals surface area contributed by atoms with Crippen molar-refractivity contribution in [1.29, 1.82) is 0 Å². The summed E-state index contributed by atoms with van der Waals surface area (Å²) >= 11 is 0. The largest absolute Gasteiger partial charge is 0.396 e. The quantitative estimate of drug-likeness (QED) is 0.594. The number of carbonyl (C=O) groups excluding carboxylic acids is 2. The van der Waals surface area contributed by atoms with Gasteiger partial charge in [-0.15, -0.1) is 0 Å². The first-order valence-electron chi connectivity index (χ1n) is 3.78.